The third-order valence-corrected chi connectivity index (χ3v) is 6.90. The number of amides is 3. The van der Waals surface area contributed by atoms with E-state index in [1.54, 1.807) is 30.1 Å². The number of hydrogen-bond donors (Lipinski definition) is 2. The molecule has 1 aliphatic carbocycles. The minimum atomic E-state index is -4.48. The van der Waals surface area contributed by atoms with Gasteiger partial charge in [-0.25, -0.2) is 0 Å². The predicted octanol–water partition coefficient (Wildman–Crippen LogP) is 3.26. The van der Waals surface area contributed by atoms with Gasteiger partial charge in [-0.05, 0) is 43.9 Å². The van der Waals surface area contributed by atoms with Crippen LogP contribution in [-0.2, 0) is 14.3 Å². The Morgan fingerprint density at radius 1 is 1.14 bits per heavy atom. The van der Waals surface area contributed by atoms with Crippen molar-refractivity contribution in [3.05, 3.63) is 23.8 Å². The monoisotopic (exact) mass is 497 g/mol. The number of carbonyl (C=O) groups is 3. The smallest absolute Gasteiger partial charge is 0.405 e. The lowest BCUT2D eigenvalue weighted by Crippen LogP contribution is -2.54. The van der Waals surface area contributed by atoms with Crippen molar-refractivity contribution in [2.75, 3.05) is 25.5 Å². The van der Waals surface area contributed by atoms with E-state index in [2.05, 4.69) is 5.32 Å². The van der Waals surface area contributed by atoms with E-state index >= 15 is 0 Å². The number of rotatable bonds is 5. The maximum absolute atomic E-state index is 13.3. The van der Waals surface area contributed by atoms with Crippen LogP contribution in [0.25, 0.3) is 0 Å². The lowest BCUT2D eigenvalue weighted by Gasteiger charge is -2.42. The fraction of sp³-hybridized carbons (Fsp3) is 0.625. The molecule has 1 saturated heterocycles. The number of alkyl halides is 3. The van der Waals surface area contributed by atoms with Gasteiger partial charge in [0.1, 0.15) is 25.0 Å². The topological polar surface area (TPSA) is 97.0 Å². The van der Waals surface area contributed by atoms with Crippen molar-refractivity contribution in [2.24, 2.45) is 5.92 Å². The fourth-order valence-electron chi connectivity index (χ4n) is 5.02. The number of carbonyl (C=O) groups excluding carboxylic acids is 3. The summed E-state index contributed by atoms with van der Waals surface area (Å²) in [6, 6.07) is 4.63. The first kappa shape index (κ1) is 25.3. The summed E-state index contributed by atoms with van der Waals surface area (Å²) in [5.74, 6) is -0.708. The van der Waals surface area contributed by atoms with Crippen LogP contribution in [0.15, 0.2) is 18.2 Å². The van der Waals surface area contributed by atoms with Crippen LogP contribution in [-0.4, -0.2) is 67.2 Å². The third kappa shape index (κ3) is 6.25. The molecule has 2 N–H and O–H groups in total. The Balaban J connectivity index is 1.41. The first-order valence-electron chi connectivity index (χ1n) is 11.9. The third-order valence-electron chi connectivity index (χ3n) is 6.90. The van der Waals surface area contributed by atoms with Gasteiger partial charge in [-0.2, -0.15) is 13.2 Å². The number of hydrogen-bond acceptors (Lipinski definition) is 5. The van der Waals surface area contributed by atoms with Crippen molar-refractivity contribution < 1.29 is 37.0 Å². The maximum Gasteiger partial charge on any atom is 0.405 e. The van der Waals surface area contributed by atoms with Crippen LogP contribution in [0, 0.1) is 5.92 Å². The Morgan fingerprint density at radius 2 is 1.89 bits per heavy atom. The Hall–Kier alpha value is -2.82. The molecule has 11 heteroatoms. The van der Waals surface area contributed by atoms with E-state index in [4.69, 9.17) is 9.47 Å². The van der Waals surface area contributed by atoms with Crippen LogP contribution in [0.2, 0.25) is 0 Å². The summed E-state index contributed by atoms with van der Waals surface area (Å²) in [6.07, 6.45) is -1.01. The molecule has 0 unspecified atom stereocenters. The number of anilines is 1. The van der Waals surface area contributed by atoms with Gasteiger partial charge in [-0.1, -0.05) is 12.8 Å². The lowest BCUT2D eigenvalue weighted by atomic mass is 9.94. The van der Waals surface area contributed by atoms with Crippen LogP contribution < -0.4 is 15.4 Å². The molecule has 0 spiro atoms. The SMILES string of the molecule is CN1C(=O)c2cc(NC(=O)C3CCCC3)ccc2OC[C@H]2O[C@@H](CC(=O)NCC(F)(F)F)CC[C@@H]21. The molecule has 0 aromatic heterocycles. The summed E-state index contributed by atoms with van der Waals surface area (Å²) in [4.78, 5) is 39.3. The van der Waals surface area contributed by atoms with Crippen molar-refractivity contribution in [1.29, 1.82) is 0 Å². The number of likely N-dealkylation sites (N-methyl/N-ethyl adjacent to an activating group) is 1. The van der Waals surface area contributed by atoms with Crippen molar-refractivity contribution in [1.82, 2.24) is 10.2 Å². The summed E-state index contributed by atoms with van der Waals surface area (Å²) in [6.45, 7) is -1.27. The standard InChI is InChI=1S/C24H30F3N3O5/c1-30-18-8-7-16(11-21(31)28-13-24(25,26)27)35-20(18)12-34-19-9-6-15(10-17(19)23(30)33)29-22(32)14-4-2-3-5-14/h6,9-10,14,16,18,20H,2-5,7-8,11-13H2,1H3,(H,28,31)(H,29,32)/t16-,18+,20-/m1/s1. The van der Waals surface area contributed by atoms with Gasteiger partial charge in [0, 0.05) is 18.7 Å². The zero-order valence-electron chi connectivity index (χ0n) is 19.5. The molecule has 1 aromatic rings. The van der Waals surface area contributed by atoms with E-state index in [9.17, 15) is 27.6 Å². The van der Waals surface area contributed by atoms with Crippen LogP contribution >= 0.6 is 0 Å². The molecule has 2 aliphatic heterocycles. The van der Waals surface area contributed by atoms with Crippen LogP contribution in [0.5, 0.6) is 5.75 Å². The second-order valence-electron chi connectivity index (χ2n) is 9.45. The molecular weight excluding hydrogens is 467 g/mol. The number of ether oxygens (including phenoxy) is 2. The number of nitrogens with one attached hydrogen (secondary N) is 2. The Labute approximate surface area is 201 Å². The number of halogens is 3. The lowest BCUT2D eigenvalue weighted by molar-refractivity contribution is -0.144. The second kappa shape index (κ2) is 10.4. The number of benzene rings is 1. The average molecular weight is 498 g/mol. The van der Waals surface area contributed by atoms with Gasteiger partial charge in [0.2, 0.25) is 11.8 Å². The van der Waals surface area contributed by atoms with E-state index in [-0.39, 0.29) is 36.8 Å². The molecule has 192 valence electrons. The minimum Gasteiger partial charge on any atom is -0.490 e. The summed E-state index contributed by atoms with van der Waals surface area (Å²) in [7, 11) is 1.67. The largest absolute Gasteiger partial charge is 0.490 e. The molecule has 1 aromatic carbocycles. The highest BCUT2D eigenvalue weighted by Gasteiger charge is 2.39. The van der Waals surface area contributed by atoms with Crippen molar-refractivity contribution >= 4 is 23.4 Å². The Kier molecular flexibility index (Phi) is 7.53. The normalized spacial score (nSPS) is 25.1. The molecular formula is C24H30F3N3O5. The van der Waals surface area contributed by atoms with Gasteiger partial charge < -0.3 is 25.0 Å². The molecule has 1 saturated carbocycles. The van der Waals surface area contributed by atoms with E-state index in [0.29, 0.717) is 29.8 Å². The second-order valence-corrected chi connectivity index (χ2v) is 9.45. The van der Waals surface area contributed by atoms with Crippen LogP contribution in [0.3, 0.4) is 0 Å². The molecule has 0 bridgehead atoms. The van der Waals surface area contributed by atoms with Crippen LogP contribution in [0.4, 0.5) is 18.9 Å². The van der Waals surface area contributed by atoms with E-state index in [1.165, 1.54) is 0 Å². The highest BCUT2D eigenvalue weighted by molar-refractivity contribution is 6.00. The number of nitrogens with zero attached hydrogens (tertiary/aromatic N) is 1. The zero-order chi connectivity index (χ0) is 25.2. The fourth-order valence-corrected chi connectivity index (χ4v) is 5.02. The first-order valence-corrected chi connectivity index (χ1v) is 11.9. The summed E-state index contributed by atoms with van der Waals surface area (Å²) >= 11 is 0. The van der Waals surface area contributed by atoms with Crippen molar-refractivity contribution in [2.45, 2.75) is 69.4 Å². The molecule has 8 nitrogen and oxygen atoms in total. The van der Waals surface area contributed by atoms with Gasteiger partial charge >= 0.3 is 6.18 Å². The predicted molar refractivity (Wildman–Crippen MR) is 120 cm³/mol. The molecule has 2 fully saturated rings. The van der Waals surface area contributed by atoms with Crippen molar-refractivity contribution in [3.8, 4) is 5.75 Å². The molecule has 35 heavy (non-hydrogen) atoms. The molecule has 4 rings (SSSR count). The molecule has 0 radical (unpaired) electrons. The maximum atomic E-state index is 13.3. The van der Waals surface area contributed by atoms with Gasteiger partial charge in [-0.15, -0.1) is 0 Å². The Bertz CT molecular complexity index is 964. The van der Waals surface area contributed by atoms with Gasteiger partial charge in [0.25, 0.3) is 5.91 Å². The van der Waals surface area contributed by atoms with Crippen molar-refractivity contribution in [3.63, 3.8) is 0 Å². The van der Waals surface area contributed by atoms with E-state index in [0.717, 1.165) is 25.7 Å². The van der Waals surface area contributed by atoms with Gasteiger partial charge in [0.05, 0.1) is 24.1 Å². The van der Waals surface area contributed by atoms with E-state index in [1.807, 2.05) is 5.32 Å². The van der Waals surface area contributed by atoms with Gasteiger partial charge in [0.15, 0.2) is 0 Å². The highest BCUT2D eigenvalue weighted by atomic mass is 19.4. The summed E-state index contributed by atoms with van der Waals surface area (Å²) in [5.41, 5.74) is 0.872. The quantitative estimate of drug-likeness (QED) is 0.651. The summed E-state index contributed by atoms with van der Waals surface area (Å²) in [5, 5.41) is 4.77. The number of fused-ring (bicyclic) bond motifs is 2. The molecule has 3 amide bonds. The molecule has 2 heterocycles. The average Bonchev–Trinajstić information content (AvgIpc) is 3.35. The van der Waals surface area contributed by atoms with Gasteiger partial charge in [-0.3, -0.25) is 14.4 Å². The Morgan fingerprint density at radius 3 is 2.60 bits per heavy atom. The highest BCUT2D eigenvalue weighted by Crippen LogP contribution is 2.33. The zero-order valence-corrected chi connectivity index (χ0v) is 19.5. The molecule has 3 aliphatic rings. The first-order chi connectivity index (χ1) is 16.6. The molecule has 3 atom stereocenters. The minimum absolute atomic E-state index is 0.00438. The summed E-state index contributed by atoms with van der Waals surface area (Å²) < 4.78 is 48.9. The van der Waals surface area contributed by atoms with E-state index < -0.39 is 30.8 Å². The van der Waals surface area contributed by atoms with Crippen LogP contribution in [0.1, 0.15) is 55.3 Å².